The van der Waals surface area contributed by atoms with E-state index in [-0.39, 0.29) is 0 Å². The van der Waals surface area contributed by atoms with Crippen LogP contribution in [-0.4, -0.2) is 26.3 Å². The van der Waals surface area contributed by atoms with Gasteiger partial charge in [0.05, 0.1) is 17.6 Å². The highest BCUT2D eigenvalue weighted by Gasteiger charge is 2.09. The van der Waals surface area contributed by atoms with Gasteiger partial charge >= 0.3 is 0 Å². The average Bonchev–Trinajstić information content (AvgIpc) is 2.94. The third kappa shape index (κ3) is 2.92. The molecule has 1 N–H and O–H groups in total. The van der Waals surface area contributed by atoms with Crippen molar-refractivity contribution in [1.29, 1.82) is 0 Å². The highest BCUT2D eigenvalue weighted by atomic mass is 15.3. The number of aromatic nitrogens is 4. The van der Waals surface area contributed by atoms with Crippen LogP contribution in [0.5, 0.6) is 0 Å². The van der Waals surface area contributed by atoms with Crippen LogP contribution in [0.1, 0.15) is 38.4 Å². The third-order valence-corrected chi connectivity index (χ3v) is 2.86. The zero-order chi connectivity index (χ0) is 12.8. The van der Waals surface area contributed by atoms with Crippen molar-refractivity contribution < 1.29 is 0 Å². The van der Waals surface area contributed by atoms with Gasteiger partial charge in [0.1, 0.15) is 12.7 Å². The Morgan fingerprint density at radius 1 is 1.33 bits per heavy atom. The van der Waals surface area contributed by atoms with Crippen LogP contribution in [-0.2, 0) is 0 Å². The molecule has 0 aliphatic heterocycles. The second-order valence-electron chi connectivity index (χ2n) is 4.20. The topological polar surface area (TPSA) is 55.6 Å². The normalized spacial score (nSPS) is 12.6. The zero-order valence-electron chi connectivity index (χ0n) is 10.9. The first kappa shape index (κ1) is 12.7. The molecule has 0 saturated heterocycles. The van der Waals surface area contributed by atoms with Crippen molar-refractivity contribution in [2.75, 3.05) is 6.54 Å². The molecule has 2 aromatic rings. The van der Waals surface area contributed by atoms with Crippen LogP contribution < -0.4 is 5.32 Å². The molecule has 1 atom stereocenters. The molecule has 0 amide bonds. The van der Waals surface area contributed by atoms with Crippen molar-refractivity contribution in [2.45, 2.75) is 32.7 Å². The van der Waals surface area contributed by atoms with Crippen LogP contribution in [0, 0.1) is 0 Å². The number of nitrogens with one attached hydrogen (secondary N) is 1. The second-order valence-corrected chi connectivity index (χ2v) is 4.20. The lowest BCUT2D eigenvalue weighted by molar-refractivity contribution is 0.507. The monoisotopic (exact) mass is 245 g/mol. The molecule has 0 aromatic carbocycles. The molecule has 0 aliphatic rings. The molecular formula is C13H19N5. The maximum Gasteiger partial charge on any atom is 0.138 e. The lowest BCUT2D eigenvalue weighted by atomic mass is 10.1. The van der Waals surface area contributed by atoms with E-state index in [0.717, 1.165) is 30.8 Å². The fraction of sp³-hybridized carbons (Fsp3) is 0.462. The molecule has 1 unspecified atom stereocenters. The summed E-state index contributed by atoms with van der Waals surface area (Å²) in [6.07, 6.45) is 7.19. The second kappa shape index (κ2) is 6.26. The summed E-state index contributed by atoms with van der Waals surface area (Å²) in [6.45, 7) is 5.35. The number of hydrogen-bond acceptors (Lipinski definition) is 4. The van der Waals surface area contributed by atoms with Crippen LogP contribution in [0.4, 0.5) is 0 Å². The van der Waals surface area contributed by atoms with Gasteiger partial charge in [0, 0.05) is 6.04 Å². The minimum atomic E-state index is 0.328. The lowest BCUT2D eigenvalue weighted by Crippen LogP contribution is -2.22. The molecule has 0 radical (unpaired) electrons. The molecule has 2 heterocycles. The number of nitrogens with zero attached hydrogens (tertiary/aromatic N) is 4. The van der Waals surface area contributed by atoms with Gasteiger partial charge in [-0.25, -0.2) is 9.67 Å². The van der Waals surface area contributed by atoms with E-state index in [4.69, 9.17) is 0 Å². The fourth-order valence-corrected chi connectivity index (χ4v) is 1.86. The number of rotatable bonds is 6. The molecule has 18 heavy (non-hydrogen) atoms. The minimum absolute atomic E-state index is 0.328. The summed E-state index contributed by atoms with van der Waals surface area (Å²) in [5.41, 5.74) is 2.01. The van der Waals surface area contributed by atoms with Crippen LogP contribution in [0.3, 0.4) is 0 Å². The highest BCUT2D eigenvalue weighted by Crippen LogP contribution is 2.15. The van der Waals surface area contributed by atoms with Crippen molar-refractivity contribution >= 4 is 0 Å². The van der Waals surface area contributed by atoms with Gasteiger partial charge in [-0.1, -0.05) is 13.8 Å². The maximum absolute atomic E-state index is 4.51. The summed E-state index contributed by atoms with van der Waals surface area (Å²) >= 11 is 0. The van der Waals surface area contributed by atoms with Gasteiger partial charge in [0.15, 0.2) is 0 Å². The average molecular weight is 245 g/mol. The van der Waals surface area contributed by atoms with Crippen LogP contribution >= 0.6 is 0 Å². The summed E-state index contributed by atoms with van der Waals surface area (Å²) in [5.74, 6) is 0. The summed E-state index contributed by atoms with van der Waals surface area (Å²) in [7, 11) is 0. The molecule has 0 fully saturated rings. The van der Waals surface area contributed by atoms with Crippen molar-refractivity contribution in [2.24, 2.45) is 0 Å². The Hall–Kier alpha value is -1.75. The molecule has 2 rings (SSSR count). The first-order valence-corrected chi connectivity index (χ1v) is 6.39. The molecule has 0 spiro atoms. The van der Waals surface area contributed by atoms with E-state index in [9.17, 15) is 0 Å². The number of pyridine rings is 1. The van der Waals surface area contributed by atoms with Crippen molar-refractivity contribution in [3.63, 3.8) is 0 Å². The van der Waals surface area contributed by atoms with E-state index in [2.05, 4.69) is 34.2 Å². The quantitative estimate of drug-likeness (QED) is 0.847. The Morgan fingerprint density at radius 3 is 2.78 bits per heavy atom. The molecule has 0 saturated carbocycles. The van der Waals surface area contributed by atoms with Gasteiger partial charge in [-0.15, -0.1) is 0 Å². The summed E-state index contributed by atoms with van der Waals surface area (Å²) in [6, 6.07) is 4.40. The lowest BCUT2D eigenvalue weighted by Gasteiger charge is -2.16. The summed E-state index contributed by atoms with van der Waals surface area (Å²) in [4.78, 5) is 8.43. The molecule has 0 bridgehead atoms. The highest BCUT2D eigenvalue weighted by molar-refractivity contribution is 5.28. The Labute approximate surface area is 107 Å². The number of hydrogen-bond donors (Lipinski definition) is 1. The summed E-state index contributed by atoms with van der Waals surface area (Å²) in [5, 5.41) is 7.57. The standard InChI is InChI=1S/C13H19N5/c1-3-7-15-12(4-2)13-6-5-11(8-16-13)18-10-14-9-17-18/h5-6,8-10,12,15H,3-4,7H2,1-2H3. The first-order valence-electron chi connectivity index (χ1n) is 6.39. The van der Waals surface area contributed by atoms with Crippen molar-refractivity contribution in [3.05, 3.63) is 36.7 Å². The van der Waals surface area contributed by atoms with Gasteiger partial charge < -0.3 is 5.32 Å². The minimum Gasteiger partial charge on any atom is -0.309 e. The Balaban J connectivity index is 2.11. The van der Waals surface area contributed by atoms with E-state index < -0.39 is 0 Å². The van der Waals surface area contributed by atoms with Crippen LogP contribution in [0.25, 0.3) is 5.69 Å². The molecule has 5 heteroatoms. The Bertz CT molecular complexity index is 449. The van der Waals surface area contributed by atoms with E-state index in [1.54, 1.807) is 11.0 Å². The van der Waals surface area contributed by atoms with Gasteiger partial charge in [-0.2, -0.15) is 5.10 Å². The third-order valence-electron chi connectivity index (χ3n) is 2.86. The van der Waals surface area contributed by atoms with Crippen LogP contribution in [0.2, 0.25) is 0 Å². The Morgan fingerprint density at radius 2 is 2.22 bits per heavy atom. The maximum atomic E-state index is 4.51. The predicted molar refractivity (Wildman–Crippen MR) is 70.5 cm³/mol. The molecule has 96 valence electrons. The van der Waals surface area contributed by atoms with E-state index in [1.807, 2.05) is 18.3 Å². The molecule has 2 aromatic heterocycles. The summed E-state index contributed by atoms with van der Waals surface area (Å²) < 4.78 is 1.71. The van der Waals surface area contributed by atoms with Crippen molar-refractivity contribution in [3.8, 4) is 5.69 Å². The molecular weight excluding hydrogens is 226 g/mol. The first-order chi connectivity index (χ1) is 8.85. The van der Waals surface area contributed by atoms with E-state index in [0.29, 0.717) is 6.04 Å². The smallest absolute Gasteiger partial charge is 0.138 e. The van der Waals surface area contributed by atoms with E-state index >= 15 is 0 Å². The molecule has 0 aliphatic carbocycles. The largest absolute Gasteiger partial charge is 0.309 e. The van der Waals surface area contributed by atoms with Crippen molar-refractivity contribution in [1.82, 2.24) is 25.1 Å². The van der Waals surface area contributed by atoms with Gasteiger partial charge in [0.25, 0.3) is 0 Å². The van der Waals surface area contributed by atoms with Crippen LogP contribution in [0.15, 0.2) is 31.0 Å². The SMILES string of the molecule is CCCNC(CC)c1ccc(-n2cncn2)cn1. The van der Waals surface area contributed by atoms with Gasteiger partial charge in [0.2, 0.25) is 0 Å². The fourth-order valence-electron chi connectivity index (χ4n) is 1.86. The van der Waals surface area contributed by atoms with Gasteiger partial charge in [-0.05, 0) is 31.5 Å². The predicted octanol–water partition coefficient (Wildman–Crippen LogP) is 2.11. The zero-order valence-corrected chi connectivity index (χ0v) is 10.9. The molecule has 5 nitrogen and oxygen atoms in total. The van der Waals surface area contributed by atoms with Gasteiger partial charge in [-0.3, -0.25) is 4.98 Å². The van der Waals surface area contributed by atoms with E-state index in [1.165, 1.54) is 6.33 Å². The Kier molecular flexibility index (Phi) is 4.41.